The van der Waals surface area contributed by atoms with Crippen LogP contribution < -0.4 is 21.3 Å². The summed E-state index contributed by atoms with van der Waals surface area (Å²) >= 11 is 8.03. The summed E-state index contributed by atoms with van der Waals surface area (Å²) in [6.45, 7) is 3.74. The van der Waals surface area contributed by atoms with Crippen molar-refractivity contribution in [3.05, 3.63) is 149 Å². The van der Waals surface area contributed by atoms with E-state index in [9.17, 15) is 19.8 Å². The molecule has 5 aromatic carbocycles. The van der Waals surface area contributed by atoms with Crippen molar-refractivity contribution in [1.82, 2.24) is 4.57 Å². The number of thioether (sulfide) groups is 1. The van der Waals surface area contributed by atoms with E-state index in [1.54, 1.807) is 17.7 Å². The number of carboxylic acids is 1. The molecule has 9 nitrogen and oxygen atoms in total. The summed E-state index contributed by atoms with van der Waals surface area (Å²) in [4.78, 5) is 29.5. The fourth-order valence-electron chi connectivity index (χ4n) is 10.0. The molecule has 0 bridgehead atoms. The minimum atomic E-state index is -0.980. The highest BCUT2D eigenvalue weighted by molar-refractivity contribution is 7.99. The maximum atomic E-state index is 13.5. The zero-order valence-electron chi connectivity index (χ0n) is 38.0. The molecule has 2 aliphatic carbocycles. The average Bonchev–Trinajstić information content (AvgIpc) is 3.95. The van der Waals surface area contributed by atoms with Crippen LogP contribution in [0, 0.1) is 11.3 Å². The van der Waals surface area contributed by atoms with Crippen molar-refractivity contribution in [1.29, 1.82) is 0 Å². The first-order valence-corrected chi connectivity index (χ1v) is 24.8. The monoisotopic (exact) mass is 923 g/mol. The number of nitrogens with one attached hydrogen (secondary N) is 2. The lowest BCUT2D eigenvalue weighted by atomic mass is 9.92. The zero-order chi connectivity index (χ0) is 46.2. The Morgan fingerprint density at radius 2 is 1.73 bits per heavy atom. The number of nitrogens with zero attached hydrogens (tertiary/aromatic N) is 2. The molecular weight excluding hydrogens is 862 g/mol. The SMILES string of the molecule is CCN(CCCc1ccc(NC(=O)c2ccc(N[C@H](CCC3CC34CCCC(O)CC4)CSc3ccccc3)c(N)c2)cc1)c1cccc(-c2c(-c3ccc(Cl)cc3)cn(C)c2C(=O)O)c1. The molecule has 6 aromatic rings. The van der Waals surface area contributed by atoms with E-state index in [1.165, 1.54) is 23.3 Å². The molecule has 8 rings (SSSR count). The summed E-state index contributed by atoms with van der Waals surface area (Å²) in [5, 5.41) is 27.9. The number of aliphatic hydroxyl groups is 1. The van der Waals surface area contributed by atoms with Crippen molar-refractivity contribution in [2.24, 2.45) is 18.4 Å². The van der Waals surface area contributed by atoms with Gasteiger partial charge in [0.2, 0.25) is 0 Å². The Balaban J connectivity index is 0.854. The third-order valence-electron chi connectivity index (χ3n) is 13.8. The number of rotatable bonds is 19. The fourth-order valence-corrected chi connectivity index (χ4v) is 11.1. The van der Waals surface area contributed by atoms with Crippen LogP contribution in [0.4, 0.5) is 22.7 Å². The van der Waals surface area contributed by atoms with Crippen LogP contribution in [0.1, 0.15) is 91.1 Å². The minimum absolute atomic E-state index is 0.133. The second-order valence-electron chi connectivity index (χ2n) is 18.3. The number of aromatic nitrogens is 1. The number of nitrogens with two attached hydrogens (primary N) is 1. The largest absolute Gasteiger partial charge is 0.477 e. The molecule has 1 spiro atoms. The molecule has 0 saturated heterocycles. The van der Waals surface area contributed by atoms with Crippen molar-refractivity contribution in [2.75, 3.05) is 40.1 Å². The molecule has 2 saturated carbocycles. The van der Waals surface area contributed by atoms with Crippen molar-refractivity contribution < 1.29 is 19.8 Å². The van der Waals surface area contributed by atoms with Gasteiger partial charge in [-0.3, -0.25) is 4.79 Å². The number of hydrogen-bond donors (Lipinski definition) is 5. The number of hydrogen-bond acceptors (Lipinski definition) is 7. The molecule has 0 radical (unpaired) electrons. The van der Waals surface area contributed by atoms with Crippen LogP contribution >= 0.6 is 23.4 Å². The van der Waals surface area contributed by atoms with Gasteiger partial charge in [-0.1, -0.05) is 72.6 Å². The van der Waals surface area contributed by atoms with Gasteiger partial charge in [-0.05, 0) is 159 Å². The molecule has 2 fully saturated rings. The second kappa shape index (κ2) is 21.3. The number of halogens is 1. The van der Waals surface area contributed by atoms with Crippen molar-refractivity contribution in [3.63, 3.8) is 0 Å². The molecule has 1 amide bonds. The fraction of sp³-hybridized carbons (Fsp3) is 0.345. The van der Waals surface area contributed by atoms with Gasteiger partial charge in [-0.15, -0.1) is 11.8 Å². The van der Waals surface area contributed by atoms with E-state index in [2.05, 4.69) is 71.0 Å². The molecule has 6 N–H and O–H groups in total. The van der Waals surface area contributed by atoms with Gasteiger partial charge < -0.3 is 36.0 Å². The van der Waals surface area contributed by atoms with Gasteiger partial charge in [0.15, 0.2) is 0 Å². The topological polar surface area (TPSA) is 133 Å². The lowest BCUT2D eigenvalue weighted by molar-refractivity contribution is 0.0687. The molecule has 11 heteroatoms. The summed E-state index contributed by atoms with van der Waals surface area (Å²) < 4.78 is 1.67. The summed E-state index contributed by atoms with van der Waals surface area (Å²) in [5.74, 6) is 0.439. The van der Waals surface area contributed by atoms with Crippen LogP contribution in [-0.4, -0.2) is 57.6 Å². The third-order valence-corrected chi connectivity index (χ3v) is 15.2. The third kappa shape index (κ3) is 11.5. The number of carbonyl (C=O) groups excluding carboxylic acids is 1. The predicted octanol–water partition coefficient (Wildman–Crippen LogP) is 12.7. The summed E-state index contributed by atoms with van der Waals surface area (Å²) in [7, 11) is 1.77. The molecule has 1 aromatic heterocycles. The quantitative estimate of drug-likeness (QED) is 0.0401. The zero-order valence-corrected chi connectivity index (χ0v) is 39.6. The number of nitrogen functional groups attached to an aromatic ring is 1. The number of anilines is 4. The number of aryl methyl sites for hydroxylation is 2. The predicted molar refractivity (Wildman–Crippen MR) is 273 cm³/mol. The molecule has 344 valence electrons. The van der Waals surface area contributed by atoms with E-state index < -0.39 is 5.97 Å². The Morgan fingerprint density at radius 3 is 2.47 bits per heavy atom. The molecule has 2 aliphatic rings. The van der Waals surface area contributed by atoms with E-state index >= 15 is 0 Å². The van der Waals surface area contributed by atoms with Crippen LogP contribution in [0.5, 0.6) is 0 Å². The van der Waals surface area contributed by atoms with Crippen molar-refractivity contribution in [3.8, 4) is 22.3 Å². The Hall–Kier alpha value is -5.68. The first kappa shape index (κ1) is 46.8. The van der Waals surface area contributed by atoms with E-state index in [1.807, 2.05) is 84.7 Å². The number of benzene rings is 5. The normalized spacial score (nSPS) is 18.4. The summed E-state index contributed by atoms with van der Waals surface area (Å²) in [6.07, 6.45) is 12.4. The van der Waals surface area contributed by atoms with Gasteiger partial charge in [-0.2, -0.15) is 0 Å². The van der Waals surface area contributed by atoms with E-state index in [0.717, 1.165) is 110 Å². The highest BCUT2D eigenvalue weighted by Gasteiger charge is 2.53. The lowest BCUT2D eigenvalue weighted by Gasteiger charge is -2.24. The van der Waals surface area contributed by atoms with Gasteiger partial charge in [0, 0.05) is 76.1 Å². The standard InChI is InChI=1S/C55H62ClN5O4S/c1-3-61(45-12-7-11-39(32-45)51-48(35-60(2)52(51)54(64)65)38-18-22-42(56)23-19-38)31-9-10-37-16-24-43(25-17-37)59-53(63)40-20-27-50(49(57)33-40)58-44(36-66-47-14-5-4-6-15-47)26-21-41-34-55(41)29-8-13-46(62)28-30-55/h4-7,11-12,14-20,22-25,27,32-33,35,41,44,46,58,62H,3,8-10,13,21,26,28-31,34,36,57H2,1-2H3,(H,59,63)(H,64,65)/t41?,44-,46?,55?/m1/s1. The molecule has 3 unspecified atom stereocenters. The van der Waals surface area contributed by atoms with E-state index in [0.29, 0.717) is 27.3 Å². The summed E-state index contributed by atoms with van der Waals surface area (Å²) in [5.41, 5.74) is 15.4. The smallest absolute Gasteiger partial charge is 0.353 e. The first-order chi connectivity index (χ1) is 32.0. The second-order valence-corrected chi connectivity index (χ2v) is 19.8. The van der Waals surface area contributed by atoms with Crippen LogP contribution in [0.2, 0.25) is 5.02 Å². The molecule has 66 heavy (non-hydrogen) atoms. The highest BCUT2D eigenvalue weighted by atomic mass is 35.5. The maximum Gasteiger partial charge on any atom is 0.353 e. The number of aromatic carboxylic acids is 1. The van der Waals surface area contributed by atoms with Crippen molar-refractivity contribution >= 4 is 58.0 Å². The number of carbonyl (C=O) groups is 2. The maximum absolute atomic E-state index is 13.5. The molecule has 0 aliphatic heterocycles. The minimum Gasteiger partial charge on any atom is -0.477 e. The van der Waals surface area contributed by atoms with Crippen molar-refractivity contribution in [2.45, 2.75) is 88.2 Å². The summed E-state index contributed by atoms with van der Waals surface area (Å²) in [6, 6.07) is 39.9. The Labute approximate surface area is 398 Å². The van der Waals surface area contributed by atoms with Gasteiger partial charge in [0.1, 0.15) is 5.69 Å². The van der Waals surface area contributed by atoms with E-state index in [4.69, 9.17) is 17.3 Å². The van der Waals surface area contributed by atoms with E-state index in [-0.39, 0.29) is 23.7 Å². The number of carboxylic acid groups (broad SMARTS) is 1. The molecular formula is C55H62ClN5O4S. The number of aliphatic hydroxyl groups excluding tert-OH is 1. The Bertz CT molecular complexity index is 2600. The molecule has 1 heterocycles. The van der Waals surface area contributed by atoms with Gasteiger partial charge in [0.05, 0.1) is 17.5 Å². The average molecular weight is 925 g/mol. The van der Waals surface area contributed by atoms with Crippen LogP contribution in [0.3, 0.4) is 0 Å². The Morgan fingerprint density at radius 1 is 0.939 bits per heavy atom. The molecule has 4 atom stereocenters. The van der Waals surface area contributed by atoms with Gasteiger partial charge in [-0.25, -0.2) is 4.79 Å². The Kier molecular flexibility index (Phi) is 15.1. The van der Waals surface area contributed by atoms with Crippen LogP contribution in [0.25, 0.3) is 22.3 Å². The van der Waals surface area contributed by atoms with Crippen LogP contribution in [0.15, 0.2) is 132 Å². The first-order valence-electron chi connectivity index (χ1n) is 23.4. The van der Waals surface area contributed by atoms with Gasteiger partial charge >= 0.3 is 5.97 Å². The highest BCUT2D eigenvalue weighted by Crippen LogP contribution is 2.62. The number of amides is 1. The van der Waals surface area contributed by atoms with Gasteiger partial charge in [0.25, 0.3) is 5.91 Å². The van der Waals surface area contributed by atoms with Crippen LogP contribution in [-0.2, 0) is 13.5 Å². The lowest BCUT2D eigenvalue weighted by Crippen LogP contribution is -2.24.